The molecule has 1 aliphatic heterocycles. The summed E-state index contributed by atoms with van der Waals surface area (Å²) in [7, 11) is 1.31. The van der Waals surface area contributed by atoms with Gasteiger partial charge in [0.15, 0.2) is 5.41 Å². The summed E-state index contributed by atoms with van der Waals surface area (Å²) in [4.78, 5) is 23.5. The van der Waals surface area contributed by atoms with Gasteiger partial charge in [0, 0.05) is 6.42 Å². The second kappa shape index (κ2) is 9.06. The van der Waals surface area contributed by atoms with E-state index in [1.54, 1.807) is 6.92 Å². The minimum absolute atomic E-state index is 0.123. The molecule has 0 saturated carbocycles. The van der Waals surface area contributed by atoms with E-state index in [2.05, 4.69) is 6.92 Å². The van der Waals surface area contributed by atoms with Crippen molar-refractivity contribution in [2.45, 2.75) is 84.2 Å². The molecular weight excluding hydrogens is 268 g/mol. The van der Waals surface area contributed by atoms with Crippen molar-refractivity contribution in [1.82, 2.24) is 0 Å². The van der Waals surface area contributed by atoms with Crippen molar-refractivity contribution in [3.8, 4) is 0 Å². The van der Waals surface area contributed by atoms with Gasteiger partial charge in [0.05, 0.1) is 7.11 Å². The fourth-order valence-corrected chi connectivity index (χ4v) is 2.92. The molecule has 0 amide bonds. The summed E-state index contributed by atoms with van der Waals surface area (Å²) in [5.74, 6) is -0.912. The van der Waals surface area contributed by atoms with Crippen LogP contribution in [0.3, 0.4) is 0 Å². The maximum atomic E-state index is 11.8. The van der Waals surface area contributed by atoms with E-state index in [0.717, 1.165) is 12.8 Å². The molecule has 21 heavy (non-hydrogen) atoms. The smallest absolute Gasteiger partial charge is 0.323 e. The maximum absolute atomic E-state index is 11.8. The van der Waals surface area contributed by atoms with Crippen LogP contribution in [0, 0.1) is 5.41 Å². The molecule has 1 heterocycles. The van der Waals surface area contributed by atoms with Crippen LogP contribution in [0.15, 0.2) is 0 Å². The Balaban J connectivity index is 2.15. The molecule has 4 nitrogen and oxygen atoms in total. The summed E-state index contributed by atoms with van der Waals surface area (Å²) in [5, 5.41) is 0. The number of cyclic esters (lactones) is 1. The Hall–Kier alpha value is -1.06. The number of hydrogen-bond acceptors (Lipinski definition) is 4. The van der Waals surface area contributed by atoms with E-state index in [1.807, 2.05) is 0 Å². The van der Waals surface area contributed by atoms with Crippen molar-refractivity contribution in [1.29, 1.82) is 0 Å². The topological polar surface area (TPSA) is 52.6 Å². The van der Waals surface area contributed by atoms with Gasteiger partial charge in [-0.1, -0.05) is 51.9 Å². The largest absolute Gasteiger partial charge is 0.468 e. The third-order valence-electron chi connectivity index (χ3n) is 4.38. The third kappa shape index (κ3) is 5.33. The van der Waals surface area contributed by atoms with Gasteiger partial charge in [-0.15, -0.1) is 0 Å². The maximum Gasteiger partial charge on any atom is 0.323 e. The van der Waals surface area contributed by atoms with Gasteiger partial charge in [0.25, 0.3) is 0 Å². The van der Waals surface area contributed by atoms with Crippen molar-refractivity contribution in [2.75, 3.05) is 7.11 Å². The molecule has 0 N–H and O–H groups in total. The quantitative estimate of drug-likeness (QED) is 0.347. The molecule has 1 fully saturated rings. The molecule has 0 unspecified atom stereocenters. The molecule has 1 saturated heterocycles. The van der Waals surface area contributed by atoms with Gasteiger partial charge in [-0.3, -0.25) is 9.59 Å². The Morgan fingerprint density at radius 2 is 1.76 bits per heavy atom. The SMILES string of the molecule is CCCCCCCCCC[C@@H]1C[C@@](C)(C(=O)OC)C(=O)O1. The predicted octanol–water partition coefficient (Wildman–Crippen LogP) is 4.01. The Bertz CT molecular complexity index is 340. The van der Waals surface area contributed by atoms with Gasteiger partial charge in [-0.25, -0.2) is 0 Å². The van der Waals surface area contributed by atoms with E-state index in [1.165, 1.54) is 52.1 Å². The van der Waals surface area contributed by atoms with Gasteiger partial charge in [-0.05, 0) is 19.8 Å². The molecule has 0 spiro atoms. The first-order valence-electron chi connectivity index (χ1n) is 8.34. The van der Waals surface area contributed by atoms with Crippen LogP contribution in [0.5, 0.6) is 0 Å². The zero-order chi connectivity index (χ0) is 15.7. The van der Waals surface area contributed by atoms with Crippen LogP contribution in [0.1, 0.15) is 78.1 Å². The number of carbonyl (C=O) groups is 2. The molecule has 122 valence electrons. The lowest BCUT2D eigenvalue weighted by Crippen LogP contribution is -2.33. The lowest BCUT2D eigenvalue weighted by atomic mass is 9.86. The van der Waals surface area contributed by atoms with Crippen molar-refractivity contribution in [3.63, 3.8) is 0 Å². The zero-order valence-corrected chi connectivity index (χ0v) is 13.8. The highest BCUT2D eigenvalue weighted by Crippen LogP contribution is 2.36. The van der Waals surface area contributed by atoms with Gasteiger partial charge in [-0.2, -0.15) is 0 Å². The average Bonchev–Trinajstić information content (AvgIpc) is 2.77. The highest BCUT2D eigenvalue weighted by molar-refractivity contribution is 6.00. The summed E-state index contributed by atoms with van der Waals surface area (Å²) >= 11 is 0. The van der Waals surface area contributed by atoms with Crippen LogP contribution in [-0.4, -0.2) is 25.2 Å². The van der Waals surface area contributed by atoms with Crippen LogP contribution >= 0.6 is 0 Å². The van der Waals surface area contributed by atoms with Crippen molar-refractivity contribution in [2.24, 2.45) is 5.41 Å². The van der Waals surface area contributed by atoms with E-state index in [4.69, 9.17) is 9.47 Å². The number of carbonyl (C=O) groups excluding carboxylic acids is 2. The van der Waals surface area contributed by atoms with Gasteiger partial charge in [0.2, 0.25) is 0 Å². The minimum atomic E-state index is -1.10. The molecule has 0 aromatic heterocycles. The van der Waals surface area contributed by atoms with Crippen LogP contribution in [-0.2, 0) is 19.1 Å². The van der Waals surface area contributed by atoms with E-state index in [0.29, 0.717) is 6.42 Å². The Labute approximate surface area is 128 Å². The third-order valence-corrected chi connectivity index (χ3v) is 4.38. The lowest BCUT2D eigenvalue weighted by molar-refractivity contribution is -0.162. The summed E-state index contributed by atoms with van der Waals surface area (Å²) in [6.45, 7) is 3.85. The average molecular weight is 298 g/mol. The molecular formula is C17H30O4. The minimum Gasteiger partial charge on any atom is -0.468 e. The molecule has 0 aromatic carbocycles. The first-order chi connectivity index (χ1) is 10.0. The standard InChI is InChI=1S/C17H30O4/c1-4-5-6-7-8-9-10-11-12-14-13-17(2,15(18)20-3)16(19)21-14/h14H,4-13H2,1-3H3/t14-,17+/m1/s1. The molecule has 0 radical (unpaired) electrons. The number of ether oxygens (including phenoxy) is 2. The van der Waals surface area contributed by atoms with E-state index in [-0.39, 0.29) is 6.10 Å². The van der Waals surface area contributed by atoms with Gasteiger partial charge < -0.3 is 9.47 Å². The normalized spacial score (nSPS) is 24.9. The second-order valence-corrected chi connectivity index (χ2v) is 6.32. The van der Waals surface area contributed by atoms with Crippen LogP contribution < -0.4 is 0 Å². The molecule has 0 bridgehead atoms. The van der Waals surface area contributed by atoms with Gasteiger partial charge in [0.1, 0.15) is 6.10 Å². The zero-order valence-electron chi connectivity index (χ0n) is 13.8. The number of esters is 2. The van der Waals surface area contributed by atoms with Crippen LogP contribution in [0.25, 0.3) is 0 Å². The lowest BCUT2D eigenvalue weighted by Gasteiger charge is -2.15. The first kappa shape index (κ1) is 18.0. The fourth-order valence-electron chi connectivity index (χ4n) is 2.92. The van der Waals surface area contributed by atoms with E-state index < -0.39 is 17.4 Å². The van der Waals surface area contributed by atoms with E-state index in [9.17, 15) is 9.59 Å². The molecule has 4 heteroatoms. The highest BCUT2D eigenvalue weighted by atomic mass is 16.6. The van der Waals surface area contributed by atoms with Crippen molar-refractivity contribution >= 4 is 11.9 Å². The molecule has 1 rings (SSSR count). The van der Waals surface area contributed by atoms with Crippen LogP contribution in [0.2, 0.25) is 0 Å². The van der Waals surface area contributed by atoms with Crippen molar-refractivity contribution in [3.05, 3.63) is 0 Å². The number of rotatable bonds is 10. The summed E-state index contributed by atoms with van der Waals surface area (Å²) < 4.78 is 10.0. The monoisotopic (exact) mass is 298 g/mol. The Kier molecular flexibility index (Phi) is 7.76. The summed E-state index contributed by atoms with van der Waals surface area (Å²) in [6, 6.07) is 0. The van der Waals surface area contributed by atoms with E-state index >= 15 is 0 Å². The predicted molar refractivity (Wildman–Crippen MR) is 81.8 cm³/mol. The van der Waals surface area contributed by atoms with Crippen LogP contribution in [0.4, 0.5) is 0 Å². The number of hydrogen-bond donors (Lipinski definition) is 0. The van der Waals surface area contributed by atoms with Crippen molar-refractivity contribution < 1.29 is 19.1 Å². The fraction of sp³-hybridized carbons (Fsp3) is 0.882. The van der Waals surface area contributed by atoms with Gasteiger partial charge >= 0.3 is 11.9 Å². The number of unbranched alkanes of at least 4 members (excludes halogenated alkanes) is 7. The Morgan fingerprint density at radius 3 is 2.33 bits per heavy atom. The Morgan fingerprint density at radius 1 is 1.19 bits per heavy atom. The molecule has 1 aliphatic rings. The summed E-state index contributed by atoms with van der Waals surface area (Å²) in [6.07, 6.45) is 11.3. The number of methoxy groups -OCH3 is 1. The molecule has 0 aromatic rings. The molecule has 0 aliphatic carbocycles. The second-order valence-electron chi connectivity index (χ2n) is 6.32. The highest BCUT2D eigenvalue weighted by Gasteiger charge is 2.51. The first-order valence-corrected chi connectivity index (χ1v) is 8.34. The summed E-state index contributed by atoms with van der Waals surface area (Å²) in [5.41, 5.74) is -1.10. The molecule has 2 atom stereocenters.